The molecule has 1 heterocycles. The van der Waals surface area contributed by atoms with Crippen LogP contribution in [0.1, 0.15) is 55.2 Å². The van der Waals surface area contributed by atoms with E-state index >= 15 is 0 Å². The molecule has 4 bridgehead atoms. The number of halogens is 1. The third kappa shape index (κ3) is 5.54. The van der Waals surface area contributed by atoms with Crippen molar-refractivity contribution in [1.29, 1.82) is 0 Å². The SMILES string of the molecule is COc1cc(/C=C2\C(=O)NC(=O)N(c3ccc(C45CC6CC(CC(C6)C4)C5)cc3)C2=O)cc(I)c1OCc1ccc([N+](=O)[O-])cc1. The van der Waals surface area contributed by atoms with Gasteiger partial charge in [-0.25, -0.2) is 9.69 Å². The minimum Gasteiger partial charge on any atom is -0.493 e. The number of imide groups is 2. The number of rotatable bonds is 8. The molecule has 1 N–H and O–H groups in total. The second kappa shape index (κ2) is 11.8. The van der Waals surface area contributed by atoms with Gasteiger partial charge >= 0.3 is 6.03 Å². The zero-order valence-corrected chi connectivity index (χ0v) is 27.3. The van der Waals surface area contributed by atoms with E-state index < -0.39 is 22.8 Å². The number of carbonyl (C=O) groups is 3. The van der Waals surface area contributed by atoms with Gasteiger partial charge in [-0.3, -0.25) is 25.0 Å². The Hall–Kier alpha value is -4.26. The van der Waals surface area contributed by atoms with Gasteiger partial charge in [-0.05, 0) is 143 Å². The van der Waals surface area contributed by atoms with Gasteiger partial charge in [0.05, 0.1) is 21.3 Å². The fourth-order valence-electron chi connectivity index (χ4n) is 8.32. The fraction of sp³-hybridized carbons (Fsp3) is 0.343. The van der Waals surface area contributed by atoms with Crippen LogP contribution in [0.2, 0.25) is 0 Å². The molecule has 10 nitrogen and oxygen atoms in total. The molecule has 236 valence electrons. The number of carbonyl (C=O) groups excluding carboxylic acids is 3. The van der Waals surface area contributed by atoms with Crippen molar-refractivity contribution in [2.75, 3.05) is 12.0 Å². The lowest BCUT2D eigenvalue weighted by Crippen LogP contribution is -2.54. The molecule has 46 heavy (non-hydrogen) atoms. The average Bonchev–Trinajstić information content (AvgIpc) is 3.02. The van der Waals surface area contributed by atoms with Crippen molar-refractivity contribution in [3.05, 3.63) is 96.6 Å². The van der Waals surface area contributed by atoms with E-state index in [4.69, 9.17) is 9.47 Å². The Bertz CT molecular complexity index is 1750. The number of non-ortho nitro benzene ring substituents is 1. The molecule has 8 rings (SSSR count). The van der Waals surface area contributed by atoms with Gasteiger partial charge in [-0.2, -0.15) is 0 Å². The molecule has 3 aromatic carbocycles. The number of methoxy groups -OCH3 is 1. The molecular weight excluding hydrogens is 701 g/mol. The highest BCUT2D eigenvalue weighted by atomic mass is 127. The van der Waals surface area contributed by atoms with Gasteiger partial charge in [0.15, 0.2) is 11.5 Å². The molecule has 0 aromatic heterocycles. The highest BCUT2D eigenvalue weighted by Gasteiger charge is 2.51. The summed E-state index contributed by atoms with van der Waals surface area (Å²) in [6, 6.07) is 16.4. The Kier molecular flexibility index (Phi) is 7.82. The van der Waals surface area contributed by atoms with E-state index in [1.807, 2.05) is 12.1 Å². The van der Waals surface area contributed by atoms with Crippen molar-refractivity contribution in [2.24, 2.45) is 17.8 Å². The number of barbiturate groups is 1. The van der Waals surface area contributed by atoms with Crippen LogP contribution in [0.5, 0.6) is 11.5 Å². The van der Waals surface area contributed by atoms with Crippen LogP contribution in [-0.2, 0) is 21.6 Å². The van der Waals surface area contributed by atoms with Crippen LogP contribution in [0, 0.1) is 31.4 Å². The molecule has 0 radical (unpaired) electrons. The van der Waals surface area contributed by atoms with Crippen molar-refractivity contribution < 1.29 is 28.8 Å². The maximum atomic E-state index is 13.7. The Balaban J connectivity index is 1.11. The highest BCUT2D eigenvalue weighted by molar-refractivity contribution is 14.1. The van der Waals surface area contributed by atoms with Crippen molar-refractivity contribution in [3.63, 3.8) is 0 Å². The topological polar surface area (TPSA) is 128 Å². The van der Waals surface area contributed by atoms with Crippen LogP contribution < -0.4 is 19.7 Å². The molecule has 4 aliphatic carbocycles. The third-order valence-corrected chi connectivity index (χ3v) is 10.8. The maximum absolute atomic E-state index is 13.7. The monoisotopic (exact) mass is 733 g/mol. The first-order valence-electron chi connectivity index (χ1n) is 15.4. The second-order valence-electron chi connectivity index (χ2n) is 12.9. The summed E-state index contributed by atoms with van der Waals surface area (Å²) >= 11 is 2.07. The molecule has 11 heteroatoms. The quantitative estimate of drug-likeness (QED) is 0.0876. The lowest BCUT2D eigenvalue weighted by Gasteiger charge is -2.57. The van der Waals surface area contributed by atoms with Crippen LogP contribution >= 0.6 is 22.6 Å². The molecule has 4 amide bonds. The van der Waals surface area contributed by atoms with E-state index in [9.17, 15) is 24.5 Å². The van der Waals surface area contributed by atoms with E-state index in [1.165, 1.54) is 69.4 Å². The van der Waals surface area contributed by atoms with Crippen LogP contribution in [0.3, 0.4) is 0 Å². The number of nitrogens with one attached hydrogen (secondary N) is 1. The van der Waals surface area contributed by atoms with Gasteiger partial charge in [-0.1, -0.05) is 12.1 Å². The van der Waals surface area contributed by atoms with Crippen LogP contribution in [0.15, 0.2) is 66.2 Å². The molecule has 5 fully saturated rings. The van der Waals surface area contributed by atoms with Gasteiger partial charge < -0.3 is 9.47 Å². The Morgan fingerprint density at radius 2 is 1.61 bits per heavy atom. The summed E-state index contributed by atoms with van der Waals surface area (Å²) in [5.74, 6) is 1.74. The largest absolute Gasteiger partial charge is 0.493 e. The minimum absolute atomic E-state index is 0.00981. The van der Waals surface area contributed by atoms with Gasteiger partial charge in [0.25, 0.3) is 17.5 Å². The van der Waals surface area contributed by atoms with Crippen molar-refractivity contribution in [3.8, 4) is 11.5 Å². The molecule has 5 aliphatic rings. The van der Waals surface area contributed by atoms with Crippen molar-refractivity contribution in [2.45, 2.75) is 50.5 Å². The lowest BCUT2D eigenvalue weighted by atomic mass is 9.48. The number of nitro groups is 1. The number of benzene rings is 3. The molecule has 3 aromatic rings. The third-order valence-electron chi connectivity index (χ3n) is 9.97. The van der Waals surface area contributed by atoms with Crippen molar-refractivity contribution >= 4 is 57.9 Å². The highest BCUT2D eigenvalue weighted by Crippen LogP contribution is 2.60. The average molecular weight is 734 g/mol. The first-order chi connectivity index (χ1) is 22.1. The smallest absolute Gasteiger partial charge is 0.335 e. The summed E-state index contributed by atoms with van der Waals surface area (Å²) in [6.07, 6.45) is 9.14. The van der Waals surface area contributed by atoms with E-state index in [-0.39, 0.29) is 23.3 Å². The number of amides is 4. The van der Waals surface area contributed by atoms with E-state index in [0.717, 1.165) is 28.2 Å². The van der Waals surface area contributed by atoms with E-state index in [2.05, 4.69) is 40.0 Å². The van der Waals surface area contributed by atoms with Gasteiger partial charge in [0, 0.05) is 12.1 Å². The van der Waals surface area contributed by atoms with Crippen LogP contribution in [-0.4, -0.2) is 29.9 Å². The zero-order valence-electron chi connectivity index (χ0n) is 25.2. The summed E-state index contributed by atoms with van der Waals surface area (Å²) in [5, 5.41) is 13.3. The molecule has 1 aliphatic heterocycles. The second-order valence-corrected chi connectivity index (χ2v) is 14.1. The molecule has 0 unspecified atom stereocenters. The lowest BCUT2D eigenvalue weighted by molar-refractivity contribution is -0.384. The number of urea groups is 1. The van der Waals surface area contributed by atoms with Crippen LogP contribution in [0.4, 0.5) is 16.2 Å². The molecular formula is C35H32IN3O7. The van der Waals surface area contributed by atoms with Gasteiger partial charge in [0.1, 0.15) is 12.2 Å². The summed E-state index contributed by atoms with van der Waals surface area (Å²) in [4.78, 5) is 51.0. The standard InChI is InChI=1S/C35H32IN3O7/c1-45-30-15-21(14-29(36)31(30)46-19-20-2-6-27(7-3-20)39(43)44)13-28-32(40)37-34(42)38(33(28)41)26-8-4-25(5-9-26)35-16-22-10-23(17-35)12-24(11-22)18-35/h2-9,13-15,22-24H,10-12,16-19H2,1H3,(H,37,40,42)/b28-13+. The first kappa shape index (κ1) is 30.4. The Morgan fingerprint density at radius 3 is 2.20 bits per heavy atom. The molecule has 0 atom stereocenters. The predicted octanol–water partition coefficient (Wildman–Crippen LogP) is 6.92. The molecule has 4 saturated carbocycles. The van der Waals surface area contributed by atoms with E-state index in [0.29, 0.717) is 26.3 Å². The summed E-state index contributed by atoms with van der Waals surface area (Å²) in [5.41, 5.74) is 2.94. The minimum atomic E-state index is -0.781. The number of hydrogen-bond acceptors (Lipinski definition) is 7. The number of nitro benzene ring substituents is 1. The maximum Gasteiger partial charge on any atom is 0.335 e. The summed E-state index contributed by atoms with van der Waals surface area (Å²) in [7, 11) is 1.48. The number of ether oxygens (including phenoxy) is 2. The first-order valence-corrected chi connectivity index (χ1v) is 16.5. The summed E-state index contributed by atoms with van der Waals surface area (Å²) in [6.45, 7) is 0.143. The van der Waals surface area contributed by atoms with Gasteiger partial charge in [0.2, 0.25) is 0 Å². The molecule has 0 spiro atoms. The molecule has 1 saturated heterocycles. The Morgan fingerprint density at radius 1 is 0.978 bits per heavy atom. The Labute approximate surface area is 279 Å². The van der Waals surface area contributed by atoms with E-state index in [1.54, 1.807) is 24.3 Å². The van der Waals surface area contributed by atoms with Crippen molar-refractivity contribution in [1.82, 2.24) is 5.32 Å². The predicted molar refractivity (Wildman–Crippen MR) is 178 cm³/mol. The zero-order chi connectivity index (χ0) is 32.2. The number of nitrogens with zero attached hydrogens (tertiary/aromatic N) is 2. The van der Waals surface area contributed by atoms with Crippen LogP contribution in [0.25, 0.3) is 6.08 Å². The van der Waals surface area contributed by atoms with Gasteiger partial charge in [-0.15, -0.1) is 0 Å². The number of anilines is 1. The summed E-state index contributed by atoms with van der Waals surface area (Å²) < 4.78 is 12.2. The number of hydrogen-bond donors (Lipinski definition) is 1. The normalized spacial score (nSPS) is 26.0. The fourth-order valence-corrected chi connectivity index (χ4v) is 9.10.